The van der Waals surface area contributed by atoms with Gasteiger partial charge in [0.05, 0.1) is 18.6 Å². The number of ether oxygens (including phenoxy) is 1. The number of rotatable bonds is 3. The van der Waals surface area contributed by atoms with Crippen molar-refractivity contribution in [3.05, 3.63) is 29.9 Å². The lowest BCUT2D eigenvalue weighted by molar-refractivity contribution is 0.0726. The molecule has 2 atom stereocenters. The molecule has 2 N–H and O–H groups in total. The highest BCUT2D eigenvalue weighted by molar-refractivity contribution is 5.93. The number of carbonyl (C=O) groups is 1. The molecular formula is C18H23N5O3. The molecule has 8 heteroatoms. The molecule has 3 fully saturated rings. The van der Waals surface area contributed by atoms with Crippen molar-refractivity contribution in [1.82, 2.24) is 19.7 Å². The predicted molar refractivity (Wildman–Crippen MR) is 92.5 cm³/mol. The molecular weight excluding hydrogens is 334 g/mol. The molecule has 0 unspecified atom stereocenters. The molecule has 1 aliphatic carbocycles. The molecule has 8 nitrogen and oxygen atoms in total. The fraction of sp³-hybridized carbons (Fsp3) is 0.611. The second-order valence-electron chi connectivity index (χ2n) is 7.74. The number of amides is 1. The van der Waals surface area contributed by atoms with E-state index in [9.17, 15) is 4.79 Å². The van der Waals surface area contributed by atoms with Crippen LogP contribution in [0.3, 0.4) is 0 Å². The third-order valence-corrected chi connectivity index (χ3v) is 6.24. The number of fused-ring (bicyclic) bond motifs is 1. The molecule has 0 bridgehead atoms. The van der Waals surface area contributed by atoms with Gasteiger partial charge in [-0.1, -0.05) is 17.9 Å². The van der Waals surface area contributed by atoms with Crippen LogP contribution in [0.5, 0.6) is 0 Å². The van der Waals surface area contributed by atoms with Gasteiger partial charge in [0.1, 0.15) is 5.69 Å². The molecule has 138 valence electrons. The Morgan fingerprint density at radius 3 is 2.92 bits per heavy atom. The van der Waals surface area contributed by atoms with E-state index in [2.05, 4.69) is 14.8 Å². The van der Waals surface area contributed by atoms with Crippen molar-refractivity contribution in [3.63, 3.8) is 0 Å². The fourth-order valence-electron chi connectivity index (χ4n) is 4.87. The lowest BCUT2D eigenvalue weighted by Gasteiger charge is -2.24. The van der Waals surface area contributed by atoms with E-state index in [0.29, 0.717) is 38.2 Å². The van der Waals surface area contributed by atoms with Gasteiger partial charge in [0.2, 0.25) is 5.89 Å². The largest absolute Gasteiger partial charge is 0.407 e. The van der Waals surface area contributed by atoms with E-state index < -0.39 is 5.41 Å². The average molecular weight is 357 g/mol. The lowest BCUT2D eigenvalue weighted by Crippen LogP contribution is -2.38. The summed E-state index contributed by atoms with van der Waals surface area (Å²) in [5.74, 6) is 0.711. The van der Waals surface area contributed by atoms with Crippen LogP contribution in [-0.2, 0) is 10.2 Å². The summed E-state index contributed by atoms with van der Waals surface area (Å²) in [4.78, 5) is 15.2. The predicted octanol–water partition coefficient (Wildman–Crippen LogP) is 1.61. The fourth-order valence-corrected chi connectivity index (χ4v) is 4.87. The van der Waals surface area contributed by atoms with E-state index in [1.807, 2.05) is 23.2 Å². The quantitative estimate of drug-likeness (QED) is 0.896. The molecule has 0 radical (unpaired) electrons. The molecule has 1 amide bonds. The van der Waals surface area contributed by atoms with Gasteiger partial charge < -0.3 is 24.4 Å². The molecule has 0 spiro atoms. The van der Waals surface area contributed by atoms with Gasteiger partial charge in [0.15, 0.2) is 0 Å². The number of nitrogens with zero attached hydrogens (tertiary/aromatic N) is 4. The normalized spacial score (nSPS) is 28.8. The number of hydrogen-bond donors (Lipinski definition) is 1. The van der Waals surface area contributed by atoms with Gasteiger partial charge in [-0.25, -0.2) is 0 Å². The first-order chi connectivity index (χ1) is 12.7. The summed E-state index contributed by atoms with van der Waals surface area (Å²) < 4.78 is 13.4. The first-order valence-electron chi connectivity index (χ1n) is 9.31. The third-order valence-electron chi connectivity index (χ3n) is 6.24. The summed E-state index contributed by atoms with van der Waals surface area (Å²) in [5, 5.41) is 7.90. The number of aromatic nitrogens is 3. The topological polar surface area (TPSA) is 99.4 Å². The van der Waals surface area contributed by atoms with Crippen molar-refractivity contribution in [3.8, 4) is 0 Å². The molecule has 0 aromatic carbocycles. The van der Waals surface area contributed by atoms with Crippen LogP contribution in [-0.4, -0.2) is 51.9 Å². The van der Waals surface area contributed by atoms with Crippen molar-refractivity contribution < 1.29 is 13.9 Å². The van der Waals surface area contributed by atoms with Crippen LogP contribution >= 0.6 is 0 Å². The molecule has 2 aliphatic heterocycles. The molecule has 5 rings (SSSR count). The molecule has 2 saturated heterocycles. The second kappa shape index (κ2) is 5.84. The summed E-state index contributed by atoms with van der Waals surface area (Å²) in [6.07, 6.45) is 6.81. The minimum Gasteiger partial charge on any atom is -0.407 e. The summed E-state index contributed by atoms with van der Waals surface area (Å²) >= 11 is 0. The van der Waals surface area contributed by atoms with Gasteiger partial charge in [0, 0.05) is 31.2 Å². The first kappa shape index (κ1) is 15.9. The standard InChI is InChI=1S/C18H23N5O3/c19-17-21-20-16(26-17)18-10-22(8-12(18)9-25-11-18)15(24)14-6-3-7-23(14)13-4-1-2-5-13/h3,6-7,12-13H,1-2,4-5,8-11H2,(H2,19,21)/t12-,18-/m0/s1. The molecule has 3 aliphatic rings. The molecule has 26 heavy (non-hydrogen) atoms. The van der Waals surface area contributed by atoms with Gasteiger partial charge in [-0.3, -0.25) is 4.79 Å². The maximum atomic E-state index is 13.3. The highest BCUT2D eigenvalue weighted by Gasteiger charge is 2.56. The zero-order chi connectivity index (χ0) is 17.7. The maximum Gasteiger partial charge on any atom is 0.312 e. The van der Waals surface area contributed by atoms with E-state index in [0.717, 1.165) is 18.5 Å². The second-order valence-corrected chi connectivity index (χ2v) is 7.74. The van der Waals surface area contributed by atoms with E-state index >= 15 is 0 Å². The van der Waals surface area contributed by atoms with Crippen LogP contribution in [0.1, 0.15) is 48.1 Å². The van der Waals surface area contributed by atoms with Crippen LogP contribution in [0, 0.1) is 5.92 Å². The summed E-state index contributed by atoms with van der Waals surface area (Å²) in [6.45, 7) is 2.23. The van der Waals surface area contributed by atoms with Crippen molar-refractivity contribution in [1.29, 1.82) is 0 Å². The maximum absolute atomic E-state index is 13.3. The number of nitrogen functional groups attached to an aromatic ring is 1. The summed E-state index contributed by atoms with van der Waals surface area (Å²) in [7, 11) is 0. The van der Waals surface area contributed by atoms with Gasteiger partial charge in [-0.05, 0) is 25.0 Å². The van der Waals surface area contributed by atoms with E-state index in [1.54, 1.807) is 0 Å². The Morgan fingerprint density at radius 1 is 1.31 bits per heavy atom. The van der Waals surface area contributed by atoms with Crippen LogP contribution in [0.25, 0.3) is 0 Å². The number of nitrogens with two attached hydrogens (primary N) is 1. The highest BCUT2D eigenvalue weighted by Crippen LogP contribution is 2.44. The van der Waals surface area contributed by atoms with Crippen LogP contribution in [0.15, 0.2) is 22.7 Å². The zero-order valence-electron chi connectivity index (χ0n) is 14.6. The third kappa shape index (κ3) is 2.28. The van der Waals surface area contributed by atoms with Gasteiger partial charge in [0.25, 0.3) is 5.91 Å². The highest BCUT2D eigenvalue weighted by atomic mass is 16.5. The smallest absolute Gasteiger partial charge is 0.312 e. The average Bonchev–Trinajstić information content (AvgIpc) is 3.38. The molecule has 4 heterocycles. The zero-order valence-corrected chi connectivity index (χ0v) is 14.6. The lowest BCUT2D eigenvalue weighted by atomic mass is 9.81. The number of anilines is 1. The first-order valence-corrected chi connectivity index (χ1v) is 9.31. The van der Waals surface area contributed by atoms with Crippen LogP contribution in [0.2, 0.25) is 0 Å². The Kier molecular flexibility index (Phi) is 3.56. The van der Waals surface area contributed by atoms with E-state index in [-0.39, 0.29) is 17.8 Å². The minimum atomic E-state index is -0.439. The number of hydrogen-bond acceptors (Lipinski definition) is 6. The Hall–Kier alpha value is -2.35. The SMILES string of the molecule is Nc1nnc([C@@]23COC[C@@H]2CN(C(=O)c2cccn2C2CCCC2)C3)o1. The Morgan fingerprint density at radius 2 is 2.15 bits per heavy atom. The van der Waals surface area contributed by atoms with Crippen molar-refractivity contribution in [2.45, 2.75) is 37.1 Å². The minimum absolute atomic E-state index is 0.0555. The molecule has 2 aromatic rings. The summed E-state index contributed by atoms with van der Waals surface area (Å²) in [5.41, 5.74) is 5.96. The number of carbonyl (C=O) groups excluding carboxylic acids is 1. The van der Waals surface area contributed by atoms with Gasteiger partial charge in [-0.15, -0.1) is 5.10 Å². The van der Waals surface area contributed by atoms with E-state index in [1.165, 1.54) is 12.8 Å². The monoisotopic (exact) mass is 357 g/mol. The summed E-state index contributed by atoms with van der Waals surface area (Å²) in [6, 6.07) is 4.40. The van der Waals surface area contributed by atoms with Gasteiger partial charge in [-0.2, -0.15) is 0 Å². The van der Waals surface area contributed by atoms with Crippen molar-refractivity contribution >= 4 is 11.9 Å². The Labute approximate surface area is 151 Å². The van der Waals surface area contributed by atoms with Crippen LogP contribution in [0.4, 0.5) is 6.01 Å². The van der Waals surface area contributed by atoms with Crippen molar-refractivity contribution in [2.75, 3.05) is 32.0 Å². The van der Waals surface area contributed by atoms with Crippen molar-refractivity contribution in [2.24, 2.45) is 5.92 Å². The van der Waals surface area contributed by atoms with Crippen LogP contribution < -0.4 is 5.73 Å². The Balaban J connectivity index is 1.42. The van der Waals surface area contributed by atoms with E-state index in [4.69, 9.17) is 14.9 Å². The Bertz CT molecular complexity index is 824. The molecule has 2 aromatic heterocycles. The van der Waals surface area contributed by atoms with Gasteiger partial charge >= 0.3 is 6.01 Å². The molecule has 1 saturated carbocycles. The number of likely N-dealkylation sites (tertiary alicyclic amines) is 1.